The molecule has 0 aliphatic carbocycles. The number of amides is 2. The molecule has 1 saturated heterocycles. The summed E-state index contributed by atoms with van der Waals surface area (Å²) in [7, 11) is 0. The number of anilines is 1. The second kappa shape index (κ2) is 5.17. The summed E-state index contributed by atoms with van der Waals surface area (Å²) in [5.41, 5.74) is -0.115. The zero-order chi connectivity index (χ0) is 14.0. The highest BCUT2D eigenvalue weighted by atomic mass is 16.4. The van der Waals surface area contributed by atoms with Gasteiger partial charge in [-0.3, -0.25) is 0 Å². The molecule has 0 aromatic heterocycles. The normalized spacial score (nSPS) is 18.4. The van der Waals surface area contributed by atoms with Crippen molar-refractivity contribution in [1.29, 1.82) is 0 Å². The van der Waals surface area contributed by atoms with Gasteiger partial charge in [-0.2, -0.15) is 0 Å². The maximum atomic E-state index is 12.0. The average molecular weight is 264 g/mol. The second-order valence-corrected chi connectivity index (χ2v) is 4.62. The van der Waals surface area contributed by atoms with Crippen LogP contribution >= 0.6 is 0 Å². The maximum absolute atomic E-state index is 12.0. The Morgan fingerprint density at radius 1 is 1.42 bits per heavy atom. The molecule has 3 N–H and O–H groups in total. The van der Waals surface area contributed by atoms with Crippen molar-refractivity contribution >= 4 is 17.7 Å². The number of rotatable bonds is 2. The lowest BCUT2D eigenvalue weighted by Gasteiger charge is -2.22. The van der Waals surface area contributed by atoms with Crippen LogP contribution in [0.25, 0.3) is 0 Å². The predicted octanol–water partition coefficient (Wildman–Crippen LogP) is 2.11. The van der Waals surface area contributed by atoms with Crippen LogP contribution in [0.3, 0.4) is 0 Å². The number of urea groups is 1. The minimum atomic E-state index is -1.23. The number of nitrogens with one attached hydrogen (secondary N) is 1. The topological polar surface area (TPSA) is 89.9 Å². The first-order valence-corrected chi connectivity index (χ1v) is 6.13. The van der Waals surface area contributed by atoms with Crippen LogP contribution in [0.5, 0.6) is 5.75 Å². The van der Waals surface area contributed by atoms with Crippen molar-refractivity contribution in [2.75, 3.05) is 11.9 Å². The number of carbonyl (C=O) groups excluding carboxylic acids is 1. The van der Waals surface area contributed by atoms with Gasteiger partial charge in [0.15, 0.2) is 5.75 Å². The minimum Gasteiger partial charge on any atom is -0.505 e. The summed E-state index contributed by atoms with van der Waals surface area (Å²) in [4.78, 5) is 24.6. The van der Waals surface area contributed by atoms with Crippen molar-refractivity contribution in [2.24, 2.45) is 0 Å². The lowest BCUT2D eigenvalue weighted by Crippen LogP contribution is -2.37. The average Bonchev–Trinajstić information content (AvgIpc) is 2.77. The fraction of sp³-hybridized carbons (Fsp3) is 0.385. The Morgan fingerprint density at radius 3 is 2.74 bits per heavy atom. The summed E-state index contributed by atoms with van der Waals surface area (Å²) in [6.45, 7) is 2.63. The summed E-state index contributed by atoms with van der Waals surface area (Å²) in [5.74, 6) is -1.65. The van der Waals surface area contributed by atoms with Crippen LogP contribution in [0.15, 0.2) is 18.2 Å². The van der Waals surface area contributed by atoms with E-state index in [-0.39, 0.29) is 23.3 Å². The van der Waals surface area contributed by atoms with Crippen LogP contribution in [0, 0.1) is 0 Å². The molecule has 2 rings (SSSR count). The van der Waals surface area contributed by atoms with Crippen LogP contribution in [-0.2, 0) is 0 Å². The van der Waals surface area contributed by atoms with E-state index in [2.05, 4.69) is 5.32 Å². The van der Waals surface area contributed by atoms with Gasteiger partial charge >= 0.3 is 12.0 Å². The molecule has 0 radical (unpaired) electrons. The second-order valence-electron chi connectivity index (χ2n) is 4.62. The Balaban J connectivity index is 2.17. The number of aromatic carboxylic acids is 1. The molecule has 1 atom stereocenters. The van der Waals surface area contributed by atoms with Crippen molar-refractivity contribution < 1.29 is 19.8 Å². The van der Waals surface area contributed by atoms with E-state index in [0.29, 0.717) is 6.54 Å². The Morgan fingerprint density at radius 2 is 2.16 bits per heavy atom. The minimum absolute atomic E-state index is 0.115. The summed E-state index contributed by atoms with van der Waals surface area (Å²) in [6, 6.07) is 4.07. The number of benzene rings is 1. The monoisotopic (exact) mass is 264 g/mol. The molecule has 1 fully saturated rings. The number of carbonyl (C=O) groups is 2. The SMILES string of the molecule is CC1CCCN1C(=O)Nc1cccc(C(=O)O)c1O. The maximum Gasteiger partial charge on any atom is 0.339 e. The van der Waals surface area contributed by atoms with Gasteiger partial charge in [0.25, 0.3) is 0 Å². The smallest absolute Gasteiger partial charge is 0.339 e. The van der Waals surface area contributed by atoms with Crippen molar-refractivity contribution in [3.8, 4) is 5.75 Å². The van der Waals surface area contributed by atoms with Crippen LogP contribution in [0.4, 0.5) is 10.5 Å². The van der Waals surface area contributed by atoms with E-state index in [1.807, 2.05) is 6.92 Å². The highest BCUT2D eigenvalue weighted by Gasteiger charge is 2.26. The van der Waals surface area contributed by atoms with Crippen LogP contribution < -0.4 is 5.32 Å². The van der Waals surface area contributed by atoms with Crippen LogP contribution in [0.1, 0.15) is 30.1 Å². The van der Waals surface area contributed by atoms with E-state index < -0.39 is 11.7 Å². The first-order chi connectivity index (χ1) is 9.00. The van der Waals surface area contributed by atoms with Crippen molar-refractivity contribution in [3.05, 3.63) is 23.8 Å². The lowest BCUT2D eigenvalue weighted by molar-refractivity contribution is 0.0693. The van der Waals surface area contributed by atoms with Gasteiger partial charge in [-0.15, -0.1) is 0 Å². The van der Waals surface area contributed by atoms with Gasteiger partial charge < -0.3 is 20.4 Å². The Bertz CT molecular complexity index is 515. The van der Waals surface area contributed by atoms with Gasteiger partial charge in [0.05, 0.1) is 5.69 Å². The molecule has 6 heteroatoms. The third kappa shape index (κ3) is 2.62. The number of carboxylic acid groups (broad SMARTS) is 1. The molecule has 0 saturated carbocycles. The highest BCUT2D eigenvalue weighted by Crippen LogP contribution is 2.28. The van der Waals surface area contributed by atoms with Gasteiger partial charge in [-0.1, -0.05) is 6.07 Å². The van der Waals surface area contributed by atoms with Crippen molar-refractivity contribution in [1.82, 2.24) is 4.90 Å². The summed E-state index contributed by atoms with van der Waals surface area (Å²) in [5, 5.41) is 21.2. The molecular weight excluding hydrogens is 248 g/mol. The molecule has 1 aromatic carbocycles. The van der Waals surface area contributed by atoms with E-state index in [0.717, 1.165) is 12.8 Å². The molecule has 1 aliphatic heterocycles. The van der Waals surface area contributed by atoms with Crippen molar-refractivity contribution in [3.63, 3.8) is 0 Å². The van der Waals surface area contributed by atoms with E-state index in [9.17, 15) is 14.7 Å². The van der Waals surface area contributed by atoms with Gasteiger partial charge in [-0.25, -0.2) is 9.59 Å². The van der Waals surface area contributed by atoms with E-state index in [1.165, 1.54) is 18.2 Å². The van der Waals surface area contributed by atoms with Gasteiger partial charge in [0.1, 0.15) is 5.56 Å². The summed E-state index contributed by atoms with van der Waals surface area (Å²) < 4.78 is 0. The zero-order valence-corrected chi connectivity index (χ0v) is 10.6. The summed E-state index contributed by atoms with van der Waals surface area (Å²) in [6.07, 6.45) is 1.91. The molecule has 1 heterocycles. The molecule has 2 amide bonds. The molecule has 1 aromatic rings. The number of likely N-dealkylation sites (tertiary alicyclic amines) is 1. The number of hydrogen-bond donors (Lipinski definition) is 3. The van der Waals surface area contributed by atoms with Gasteiger partial charge in [0.2, 0.25) is 0 Å². The predicted molar refractivity (Wildman–Crippen MR) is 69.5 cm³/mol. The highest BCUT2D eigenvalue weighted by molar-refractivity contribution is 5.97. The Hall–Kier alpha value is -2.24. The Kier molecular flexibility index (Phi) is 3.59. The van der Waals surface area contributed by atoms with Crippen LogP contribution in [-0.4, -0.2) is 39.7 Å². The fourth-order valence-corrected chi connectivity index (χ4v) is 2.24. The lowest BCUT2D eigenvalue weighted by atomic mass is 10.1. The number of phenols is 1. The molecule has 19 heavy (non-hydrogen) atoms. The third-order valence-corrected chi connectivity index (χ3v) is 3.32. The molecule has 6 nitrogen and oxygen atoms in total. The third-order valence-electron chi connectivity index (χ3n) is 3.32. The van der Waals surface area contributed by atoms with Gasteiger partial charge in [-0.05, 0) is 31.9 Å². The zero-order valence-electron chi connectivity index (χ0n) is 10.6. The number of aromatic hydroxyl groups is 1. The standard InChI is InChI=1S/C13H16N2O4/c1-8-4-3-7-15(8)13(19)14-10-6-2-5-9(11(10)16)12(17)18/h2,5-6,8,16H,3-4,7H2,1H3,(H,14,19)(H,17,18). The molecule has 0 spiro atoms. The fourth-order valence-electron chi connectivity index (χ4n) is 2.24. The number of hydrogen-bond acceptors (Lipinski definition) is 3. The molecule has 1 unspecified atom stereocenters. The largest absolute Gasteiger partial charge is 0.505 e. The number of para-hydroxylation sites is 1. The van der Waals surface area contributed by atoms with Gasteiger partial charge in [0, 0.05) is 12.6 Å². The van der Waals surface area contributed by atoms with Crippen molar-refractivity contribution in [2.45, 2.75) is 25.8 Å². The first-order valence-electron chi connectivity index (χ1n) is 6.13. The Labute approximate surface area is 110 Å². The molecule has 0 bridgehead atoms. The van der Waals surface area contributed by atoms with E-state index in [1.54, 1.807) is 4.90 Å². The van der Waals surface area contributed by atoms with E-state index in [4.69, 9.17) is 5.11 Å². The quantitative estimate of drug-likeness (QED) is 0.713. The molecule has 1 aliphatic rings. The number of carboxylic acids is 1. The molecule has 102 valence electrons. The van der Waals surface area contributed by atoms with E-state index >= 15 is 0 Å². The summed E-state index contributed by atoms with van der Waals surface area (Å²) >= 11 is 0. The first kappa shape index (κ1) is 13.2. The molecular formula is C13H16N2O4. The van der Waals surface area contributed by atoms with Crippen LogP contribution in [0.2, 0.25) is 0 Å². The number of nitrogens with zero attached hydrogens (tertiary/aromatic N) is 1.